The Morgan fingerprint density at radius 2 is 2.26 bits per heavy atom. The zero-order valence-corrected chi connectivity index (χ0v) is 11.9. The normalized spacial score (nSPS) is 18.7. The van der Waals surface area contributed by atoms with Crippen molar-refractivity contribution in [3.05, 3.63) is 29.3 Å². The highest BCUT2D eigenvalue weighted by Crippen LogP contribution is 2.21. The lowest BCUT2D eigenvalue weighted by Gasteiger charge is -2.22. The molecule has 1 amide bonds. The summed E-state index contributed by atoms with van der Waals surface area (Å²) in [6.45, 7) is 3.77. The molecule has 1 saturated heterocycles. The van der Waals surface area contributed by atoms with Crippen molar-refractivity contribution in [2.45, 2.75) is 32.4 Å². The Labute approximate surface area is 114 Å². The van der Waals surface area contributed by atoms with Gasteiger partial charge in [0, 0.05) is 31.1 Å². The molecule has 1 unspecified atom stereocenters. The highest BCUT2D eigenvalue weighted by molar-refractivity contribution is 5.78. The predicted octanol–water partition coefficient (Wildman–Crippen LogP) is 1.71. The van der Waals surface area contributed by atoms with Gasteiger partial charge in [-0.3, -0.25) is 9.69 Å². The van der Waals surface area contributed by atoms with Crippen molar-refractivity contribution in [2.24, 2.45) is 0 Å². The third-order valence-electron chi connectivity index (χ3n) is 3.50. The minimum atomic E-state index is 0.173. The minimum Gasteiger partial charge on any atom is -0.496 e. The summed E-state index contributed by atoms with van der Waals surface area (Å²) in [4.78, 5) is 13.4. The zero-order valence-electron chi connectivity index (χ0n) is 11.9. The van der Waals surface area contributed by atoms with E-state index in [2.05, 4.69) is 42.4 Å². The van der Waals surface area contributed by atoms with Gasteiger partial charge in [-0.15, -0.1) is 0 Å². The van der Waals surface area contributed by atoms with Crippen molar-refractivity contribution >= 4 is 5.91 Å². The number of benzene rings is 1. The van der Waals surface area contributed by atoms with Crippen LogP contribution in [0.2, 0.25) is 0 Å². The van der Waals surface area contributed by atoms with Gasteiger partial charge in [-0.25, -0.2) is 0 Å². The Hall–Kier alpha value is -1.55. The van der Waals surface area contributed by atoms with Gasteiger partial charge in [-0.2, -0.15) is 0 Å². The van der Waals surface area contributed by atoms with Gasteiger partial charge in [0.15, 0.2) is 0 Å². The predicted molar refractivity (Wildman–Crippen MR) is 75.2 cm³/mol. The first-order valence-electron chi connectivity index (χ1n) is 6.70. The molecule has 1 aliphatic rings. The van der Waals surface area contributed by atoms with Gasteiger partial charge in [-0.1, -0.05) is 12.1 Å². The van der Waals surface area contributed by atoms with Gasteiger partial charge in [0.25, 0.3) is 0 Å². The first kappa shape index (κ1) is 13.9. The number of hydrogen-bond acceptors (Lipinski definition) is 3. The second-order valence-corrected chi connectivity index (χ2v) is 5.32. The summed E-state index contributed by atoms with van der Waals surface area (Å²) in [6.07, 6.45) is 1.60. The van der Waals surface area contributed by atoms with Crippen LogP contribution >= 0.6 is 0 Å². The second-order valence-electron chi connectivity index (χ2n) is 5.32. The van der Waals surface area contributed by atoms with Crippen LogP contribution in [0.5, 0.6) is 5.75 Å². The lowest BCUT2D eigenvalue weighted by Crippen LogP contribution is -2.36. The number of hydrogen-bond donors (Lipinski definition) is 1. The molecular weight excluding hydrogens is 240 g/mol. The quantitative estimate of drug-likeness (QED) is 0.878. The van der Waals surface area contributed by atoms with E-state index in [0.29, 0.717) is 6.42 Å². The maximum absolute atomic E-state index is 11.2. The first-order chi connectivity index (χ1) is 9.08. The molecule has 4 heteroatoms. The number of nitrogens with one attached hydrogen (secondary N) is 1. The van der Waals surface area contributed by atoms with E-state index in [9.17, 15) is 4.79 Å². The molecule has 19 heavy (non-hydrogen) atoms. The van der Waals surface area contributed by atoms with E-state index in [1.54, 1.807) is 7.11 Å². The van der Waals surface area contributed by atoms with Gasteiger partial charge in [-0.05, 0) is 32.0 Å². The summed E-state index contributed by atoms with van der Waals surface area (Å²) in [5.41, 5.74) is 2.38. The molecule has 1 aliphatic heterocycles. The fraction of sp³-hybridized carbons (Fsp3) is 0.533. The summed E-state index contributed by atoms with van der Waals surface area (Å²) in [7, 11) is 3.78. The molecule has 0 spiro atoms. The van der Waals surface area contributed by atoms with Crippen molar-refractivity contribution in [2.75, 3.05) is 20.7 Å². The van der Waals surface area contributed by atoms with Gasteiger partial charge in [0.05, 0.1) is 7.11 Å². The van der Waals surface area contributed by atoms with E-state index in [-0.39, 0.29) is 11.9 Å². The summed E-state index contributed by atoms with van der Waals surface area (Å²) >= 11 is 0. The van der Waals surface area contributed by atoms with Crippen LogP contribution in [0, 0.1) is 6.92 Å². The lowest BCUT2D eigenvalue weighted by atomic mass is 10.1. The summed E-state index contributed by atoms with van der Waals surface area (Å²) < 4.78 is 5.42. The van der Waals surface area contributed by atoms with Crippen molar-refractivity contribution < 1.29 is 9.53 Å². The fourth-order valence-corrected chi connectivity index (χ4v) is 2.53. The maximum atomic E-state index is 11.2. The largest absolute Gasteiger partial charge is 0.496 e. The minimum absolute atomic E-state index is 0.173. The number of ether oxygens (including phenoxy) is 1. The average molecular weight is 262 g/mol. The molecule has 0 aromatic heterocycles. The number of amides is 1. The molecule has 1 aromatic rings. The second kappa shape index (κ2) is 6.06. The molecule has 4 nitrogen and oxygen atoms in total. The van der Waals surface area contributed by atoms with Crippen LogP contribution in [0.15, 0.2) is 18.2 Å². The number of carbonyl (C=O) groups excluding carboxylic acids is 1. The van der Waals surface area contributed by atoms with Crippen LogP contribution < -0.4 is 10.1 Å². The van der Waals surface area contributed by atoms with Gasteiger partial charge in [0.2, 0.25) is 5.91 Å². The lowest BCUT2D eigenvalue weighted by molar-refractivity contribution is -0.119. The number of rotatable bonds is 5. The number of aryl methyl sites for hydroxylation is 1. The highest BCUT2D eigenvalue weighted by atomic mass is 16.5. The van der Waals surface area contributed by atoms with E-state index >= 15 is 0 Å². The Balaban J connectivity index is 1.94. The molecule has 0 bridgehead atoms. The van der Waals surface area contributed by atoms with Gasteiger partial charge < -0.3 is 10.1 Å². The molecule has 0 saturated carbocycles. The number of methoxy groups -OCH3 is 1. The maximum Gasteiger partial charge on any atom is 0.220 e. The number of nitrogens with zero attached hydrogens (tertiary/aromatic N) is 1. The Morgan fingerprint density at radius 1 is 1.47 bits per heavy atom. The average Bonchev–Trinajstić information content (AvgIpc) is 2.76. The molecule has 1 fully saturated rings. The van der Waals surface area contributed by atoms with E-state index in [1.165, 1.54) is 11.1 Å². The molecule has 0 radical (unpaired) electrons. The van der Waals surface area contributed by atoms with Crippen LogP contribution in [0.25, 0.3) is 0 Å². The van der Waals surface area contributed by atoms with Crippen molar-refractivity contribution in [1.29, 1.82) is 0 Å². The zero-order chi connectivity index (χ0) is 13.8. The van der Waals surface area contributed by atoms with Crippen molar-refractivity contribution in [3.63, 3.8) is 0 Å². The molecule has 2 rings (SSSR count). The van der Waals surface area contributed by atoms with Crippen LogP contribution in [0.3, 0.4) is 0 Å². The third-order valence-corrected chi connectivity index (χ3v) is 3.50. The van der Waals surface area contributed by atoms with Crippen LogP contribution in [0.1, 0.15) is 24.0 Å². The summed E-state index contributed by atoms with van der Waals surface area (Å²) in [6, 6.07) is 6.55. The Kier molecular flexibility index (Phi) is 4.43. The summed E-state index contributed by atoms with van der Waals surface area (Å²) in [5.74, 6) is 1.11. The van der Waals surface area contributed by atoms with Crippen LogP contribution in [0.4, 0.5) is 0 Å². The number of likely N-dealkylation sites (N-methyl/N-ethyl adjacent to an activating group) is 1. The Morgan fingerprint density at radius 3 is 2.89 bits per heavy atom. The van der Waals surface area contributed by atoms with Crippen LogP contribution in [-0.4, -0.2) is 37.6 Å². The monoisotopic (exact) mass is 262 g/mol. The number of carbonyl (C=O) groups is 1. The molecular formula is C15H22N2O2. The van der Waals surface area contributed by atoms with Gasteiger partial charge in [0.1, 0.15) is 5.75 Å². The smallest absolute Gasteiger partial charge is 0.220 e. The molecule has 1 N–H and O–H groups in total. The highest BCUT2D eigenvalue weighted by Gasteiger charge is 2.22. The first-order valence-corrected chi connectivity index (χ1v) is 6.70. The Bertz CT molecular complexity index is 459. The van der Waals surface area contributed by atoms with E-state index in [0.717, 1.165) is 25.3 Å². The fourth-order valence-electron chi connectivity index (χ4n) is 2.53. The van der Waals surface area contributed by atoms with Crippen LogP contribution in [-0.2, 0) is 11.3 Å². The van der Waals surface area contributed by atoms with E-state index in [1.807, 2.05) is 0 Å². The standard InChI is InChI=1S/C15H22N2O2/c1-11-4-5-12(14(8-11)19-3)9-17(2)10-13-6-7-15(18)16-13/h4-5,8,13H,6-7,9-10H2,1-3H3,(H,16,18). The van der Waals surface area contributed by atoms with Gasteiger partial charge >= 0.3 is 0 Å². The molecule has 1 aromatic carbocycles. The van der Waals surface area contributed by atoms with Crippen molar-refractivity contribution in [1.82, 2.24) is 10.2 Å². The molecule has 104 valence electrons. The topological polar surface area (TPSA) is 41.6 Å². The van der Waals surface area contributed by atoms with E-state index in [4.69, 9.17) is 4.74 Å². The molecule has 1 heterocycles. The summed E-state index contributed by atoms with van der Waals surface area (Å²) in [5, 5.41) is 3.00. The molecule has 1 atom stereocenters. The van der Waals surface area contributed by atoms with Crippen molar-refractivity contribution in [3.8, 4) is 5.75 Å². The molecule has 0 aliphatic carbocycles. The third kappa shape index (κ3) is 3.70. The SMILES string of the molecule is COc1cc(C)ccc1CN(C)CC1CCC(=O)N1. The van der Waals surface area contributed by atoms with E-state index < -0.39 is 0 Å².